The quantitative estimate of drug-likeness (QED) is 0.227. The molecule has 1 aliphatic heterocycles. The Hall–Kier alpha value is -3.30. The number of nitro groups is 2. The number of nitrogens with zero attached hydrogens (tertiary/aromatic N) is 2. The van der Waals surface area contributed by atoms with Crippen LogP contribution in [-0.4, -0.2) is 27.6 Å². The fourth-order valence-corrected chi connectivity index (χ4v) is 7.24. The van der Waals surface area contributed by atoms with Gasteiger partial charge in [0.15, 0.2) is 0 Å². The van der Waals surface area contributed by atoms with Crippen LogP contribution in [0.3, 0.4) is 0 Å². The summed E-state index contributed by atoms with van der Waals surface area (Å²) in [5, 5.41) is 26.3. The lowest BCUT2D eigenvalue weighted by Gasteiger charge is -2.38. The number of benzene rings is 3. The Kier molecular flexibility index (Phi) is 6.29. The van der Waals surface area contributed by atoms with Crippen molar-refractivity contribution in [2.24, 2.45) is 5.92 Å². The number of ether oxygens (including phenoxy) is 1. The van der Waals surface area contributed by atoms with Gasteiger partial charge in [0, 0.05) is 23.3 Å². The van der Waals surface area contributed by atoms with Crippen molar-refractivity contribution in [2.75, 3.05) is 12.4 Å². The monoisotopic (exact) mass is 511 g/mol. The molecule has 1 aliphatic carbocycles. The van der Waals surface area contributed by atoms with Crippen LogP contribution in [0.2, 0.25) is 0 Å². The highest BCUT2D eigenvalue weighted by Gasteiger charge is 2.51. The summed E-state index contributed by atoms with van der Waals surface area (Å²) in [6.45, 7) is 0. The maximum absolute atomic E-state index is 11.6. The second-order valence-corrected chi connectivity index (χ2v) is 10.4. The van der Waals surface area contributed by atoms with E-state index in [1.807, 2.05) is 30.3 Å². The van der Waals surface area contributed by atoms with E-state index in [-0.39, 0.29) is 39.4 Å². The Bertz CT molecular complexity index is 1290. The van der Waals surface area contributed by atoms with Gasteiger partial charge in [0.2, 0.25) is 0 Å². The number of hydrogen-bond donors (Lipinski definition) is 1. The second kappa shape index (κ2) is 9.39. The van der Waals surface area contributed by atoms with Gasteiger partial charge in [0.25, 0.3) is 11.4 Å². The molecule has 1 N–H and O–H groups in total. The smallest absolute Gasteiger partial charge is 0.282 e. The van der Waals surface area contributed by atoms with Crippen molar-refractivity contribution in [1.29, 1.82) is 0 Å². The molecular weight excluding hydrogens is 490 g/mol. The number of rotatable bonds is 6. The molecule has 0 saturated heterocycles. The summed E-state index contributed by atoms with van der Waals surface area (Å²) in [5.41, 5.74) is 2.52. The number of alkyl halides is 1. The molecule has 1 saturated carbocycles. The highest BCUT2D eigenvalue weighted by Crippen LogP contribution is 2.59. The normalized spacial score (nSPS) is 24.7. The summed E-state index contributed by atoms with van der Waals surface area (Å²) < 4.78 is 5.55. The van der Waals surface area contributed by atoms with Gasteiger partial charge in [-0.25, -0.2) is 0 Å². The summed E-state index contributed by atoms with van der Waals surface area (Å²) >= 11 is 8.52. The van der Waals surface area contributed by atoms with Gasteiger partial charge in [0.05, 0.1) is 45.0 Å². The zero-order valence-corrected chi connectivity index (χ0v) is 20.2. The minimum Gasteiger partial charge on any atom is -0.494 e. The summed E-state index contributed by atoms with van der Waals surface area (Å²) in [5.74, 6) is 0.221. The Labute approximate surface area is 210 Å². The molecule has 3 aromatic carbocycles. The number of anilines is 1. The van der Waals surface area contributed by atoms with Gasteiger partial charge in [-0.05, 0) is 29.5 Å². The molecule has 1 heterocycles. The molecule has 5 atom stereocenters. The van der Waals surface area contributed by atoms with Crippen molar-refractivity contribution in [3.63, 3.8) is 0 Å². The third-order valence-corrected chi connectivity index (χ3v) is 8.91. The van der Waals surface area contributed by atoms with Crippen molar-refractivity contribution >= 4 is 40.4 Å². The molecule has 0 aromatic heterocycles. The van der Waals surface area contributed by atoms with Crippen LogP contribution in [0.15, 0.2) is 71.6 Å². The van der Waals surface area contributed by atoms with Crippen molar-refractivity contribution in [1.82, 2.24) is 0 Å². The Morgan fingerprint density at radius 2 is 1.74 bits per heavy atom. The number of nitrogens with one attached hydrogen (secondary N) is 1. The summed E-state index contributed by atoms with van der Waals surface area (Å²) in [4.78, 5) is 23.0. The van der Waals surface area contributed by atoms with Gasteiger partial charge in [-0.2, -0.15) is 0 Å². The molecule has 1 fully saturated rings. The van der Waals surface area contributed by atoms with Gasteiger partial charge in [-0.15, -0.1) is 23.4 Å². The number of halogens is 1. The lowest BCUT2D eigenvalue weighted by molar-refractivity contribution is -0.387. The first-order valence-electron chi connectivity index (χ1n) is 11.1. The number of fused-ring (bicyclic) bond motifs is 3. The second-order valence-electron chi connectivity index (χ2n) is 8.65. The third-order valence-electron chi connectivity index (χ3n) is 6.80. The van der Waals surface area contributed by atoms with Crippen LogP contribution in [0.4, 0.5) is 17.1 Å². The lowest BCUT2D eigenvalue weighted by atomic mass is 9.77. The fraction of sp³-hybridized carbons (Fsp3) is 0.280. The number of hydrogen-bond acceptors (Lipinski definition) is 7. The minimum absolute atomic E-state index is 0.0272. The average molecular weight is 512 g/mol. The van der Waals surface area contributed by atoms with Gasteiger partial charge >= 0.3 is 0 Å². The Morgan fingerprint density at radius 1 is 1.03 bits per heavy atom. The Balaban J connectivity index is 1.60. The fourth-order valence-electron chi connectivity index (χ4n) is 5.30. The summed E-state index contributed by atoms with van der Waals surface area (Å²) in [6, 6.07) is 19.5. The standard InChI is InChI=1S/C25H22ClN3O5S/c1-34-19-12-15(28(30)31)11-16-22-17(24(27-25(16)19)14-7-3-2-4-8-14)13-21(23(22)26)35-20-10-6-5-9-18(20)29(32)33/h2-12,17,21-24,27H,13H2,1H3/t17-,21-,22-,23-,24+/m1/s1. The molecule has 10 heteroatoms. The summed E-state index contributed by atoms with van der Waals surface area (Å²) in [7, 11) is 1.49. The highest BCUT2D eigenvalue weighted by molar-refractivity contribution is 8.00. The van der Waals surface area contributed by atoms with Crippen molar-refractivity contribution in [3.05, 3.63) is 98.1 Å². The Morgan fingerprint density at radius 3 is 2.43 bits per heavy atom. The van der Waals surface area contributed by atoms with E-state index in [9.17, 15) is 20.2 Å². The van der Waals surface area contributed by atoms with E-state index < -0.39 is 10.3 Å². The first-order valence-corrected chi connectivity index (χ1v) is 12.4. The SMILES string of the molecule is COc1cc([N+](=O)[O-])cc2c1N[C@@H](c1ccccc1)[C@@H]1C[C@@H](Sc3ccccc3[N+](=O)[O-])[C@@H](Cl)[C@H]21. The van der Waals surface area contributed by atoms with E-state index in [2.05, 4.69) is 5.32 Å². The van der Waals surface area contributed by atoms with Gasteiger partial charge in [-0.1, -0.05) is 42.5 Å². The number of nitro benzene ring substituents is 2. The molecule has 8 nitrogen and oxygen atoms in total. The van der Waals surface area contributed by atoms with E-state index in [0.29, 0.717) is 22.8 Å². The van der Waals surface area contributed by atoms with Crippen LogP contribution in [-0.2, 0) is 0 Å². The van der Waals surface area contributed by atoms with Gasteiger partial charge in [0.1, 0.15) is 5.75 Å². The topological polar surface area (TPSA) is 108 Å². The number of non-ortho nitro benzene ring substituents is 1. The van der Waals surface area contributed by atoms with Crippen LogP contribution in [0.25, 0.3) is 0 Å². The first kappa shape index (κ1) is 23.4. The predicted molar refractivity (Wildman–Crippen MR) is 136 cm³/mol. The summed E-state index contributed by atoms with van der Waals surface area (Å²) in [6.07, 6.45) is 0.687. The number of para-hydroxylation sites is 1. The first-order chi connectivity index (χ1) is 16.9. The molecule has 0 unspecified atom stereocenters. The zero-order valence-electron chi connectivity index (χ0n) is 18.7. The van der Waals surface area contributed by atoms with E-state index in [4.69, 9.17) is 16.3 Å². The predicted octanol–water partition coefficient (Wildman–Crippen LogP) is 6.55. The minimum atomic E-state index is -0.432. The van der Waals surface area contributed by atoms with Crippen molar-refractivity contribution < 1.29 is 14.6 Å². The largest absolute Gasteiger partial charge is 0.494 e. The molecule has 0 spiro atoms. The van der Waals surface area contributed by atoms with Crippen molar-refractivity contribution in [3.8, 4) is 5.75 Å². The zero-order chi connectivity index (χ0) is 24.7. The number of methoxy groups -OCH3 is 1. The molecule has 0 radical (unpaired) electrons. The maximum atomic E-state index is 11.6. The molecule has 35 heavy (non-hydrogen) atoms. The molecule has 0 amide bonds. The molecular formula is C25H22ClN3O5S. The van der Waals surface area contributed by atoms with Gasteiger partial charge < -0.3 is 10.1 Å². The van der Waals surface area contributed by atoms with Crippen LogP contribution in [0.5, 0.6) is 5.75 Å². The van der Waals surface area contributed by atoms with Crippen LogP contribution < -0.4 is 10.1 Å². The van der Waals surface area contributed by atoms with Crippen LogP contribution in [0, 0.1) is 26.1 Å². The molecule has 2 aliphatic rings. The van der Waals surface area contributed by atoms with Gasteiger partial charge in [-0.3, -0.25) is 20.2 Å². The average Bonchev–Trinajstić information content (AvgIpc) is 3.19. The number of thioether (sulfide) groups is 1. The van der Waals surface area contributed by atoms with E-state index in [1.54, 1.807) is 24.3 Å². The van der Waals surface area contributed by atoms with E-state index in [1.165, 1.54) is 31.0 Å². The third kappa shape index (κ3) is 4.19. The van der Waals surface area contributed by atoms with Crippen LogP contribution in [0.1, 0.15) is 29.5 Å². The van der Waals surface area contributed by atoms with Crippen molar-refractivity contribution in [2.45, 2.75) is 33.9 Å². The van der Waals surface area contributed by atoms with E-state index >= 15 is 0 Å². The van der Waals surface area contributed by atoms with E-state index in [0.717, 1.165) is 11.1 Å². The highest BCUT2D eigenvalue weighted by atomic mass is 35.5. The molecule has 0 bridgehead atoms. The lowest BCUT2D eigenvalue weighted by Crippen LogP contribution is -2.31. The molecule has 180 valence electrons. The molecule has 5 rings (SSSR count). The van der Waals surface area contributed by atoms with Crippen LogP contribution >= 0.6 is 23.4 Å². The molecule has 3 aromatic rings. The maximum Gasteiger partial charge on any atom is 0.282 e.